The van der Waals surface area contributed by atoms with E-state index in [4.69, 9.17) is 6.57 Å². The minimum Gasteiger partial charge on any atom is -0.310 e. The SMILES string of the molecule is [C-]#[N+]Cc1ccc(Br)cn1. The van der Waals surface area contributed by atoms with E-state index < -0.39 is 0 Å². The third-order valence-corrected chi connectivity index (χ3v) is 1.50. The lowest BCUT2D eigenvalue weighted by Gasteiger charge is -1.89. The number of rotatable bonds is 1. The molecule has 0 aliphatic carbocycles. The molecule has 0 N–H and O–H groups in total. The first-order valence-corrected chi connectivity index (χ1v) is 3.56. The molecule has 0 fully saturated rings. The fourth-order valence-electron chi connectivity index (χ4n) is 0.581. The zero-order valence-corrected chi connectivity index (χ0v) is 6.80. The number of pyridine rings is 1. The molecule has 0 aliphatic rings. The predicted octanol–water partition coefficient (Wildman–Crippen LogP) is 2.26. The summed E-state index contributed by atoms with van der Waals surface area (Å²) in [6.45, 7) is 6.94. The Hall–Kier alpha value is -0.880. The van der Waals surface area contributed by atoms with Gasteiger partial charge in [0.1, 0.15) is 5.69 Å². The first-order chi connectivity index (χ1) is 4.83. The molecule has 0 saturated carbocycles. The van der Waals surface area contributed by atoms with Gasteiger partial charge in [0.05, 0.1) is 0 Å². The van der Waals surface area contributed by atoms with E-state index in [1.54, 1.807) is 6.20 Å². The lowest BCUT2D eigenvalue weighted by Crippen LogP contribution is -1.83. The van der Waals surface area contributed by atoms with E-state index in [0.29, 0.717) is 6.54 Å². The molecular weight excluding hydrogens is 192 g/mol. The van der Waals surface area contributed by atoms with E-state index in [0.717, 1.165) is 10.2 Å². The lowest BCUT2D eigenvalue weighted by atomic mass is 10.4. The predicted molar refractivity (Wildman–Crippen MR) is 42.2 cm³/mol. The highest BCUT2D eigenvalue weighted by molar-refractivity contribution is 9.10. The quantitative estimate of drug-likeness (QED) is 0.631. The maximum Gasteiger partial charge on any atom is 0.256 e. The number of aromatic nitrogens is 1. The van der Waals surface area contributed by atoms with Crippen molar-refractivity contribution in [2.75, 3.05) is 0 Å². The lowest BCUT2D eigenvalue weighted by molar-refractivity contribution is 1.10. The average molecular weight is 197 g/mol. The van der Waals surface area contributed by atoms with Gasteiger partial charge < -0.3 is 4.85 Å². The monoisotopic (exact) mass is 196 g/mol. The van der Waals surface area contributed by atoms with Gasteiger partial charge in [-0.1, -0.05) is 0 Å². The second-order valence-corrected chi connectivity index (χ2v) is 2.70. The maximum atomic E-state index is 6.57. The maximum absolute atomic E-state index is 6.57. The highest BCUT2D eigenvalue weighted by Crippen LogP contribution is 2.07. The third-order valence-electron chi connectivity index (χ3n) is 1.03. The van der Waals surface area contributed by atoms with Crippen LogP contribution in [0.25, 0.3) is 4.85 Å². The highest BCUT2D eigenvalue weighted by atomic mass is 79.9. The molecule has 0 bridgehead atoms. The summed E-state index contributed by atoms with van der Waals surface area (Å²) in [5, 5.41) is 0. The Morgan fingerprint density at radius 2 is 2.40 bits per heavy atom. The highest BCUT2D eigenvalue weighted by Gasteiger charge is 1.93. The van der Waals surface area contributed by atoms with Gasteiger partial charge >= 0.3 is 0 Å². The smallest absolute Gasteiger partial charge is 0.256 e. The average Bonchev–Trinajstić information content (AvgIpc) is 1.95. The Bertz CT molecular complexity index is 247. The van der Waals surface area contributed by atoms with E-state index in [2.05, 4.69) is 25.8 Å². The second kappa shape index (κ2) is 3.33. The summed E-state index contributed by atoms with van der Waals surface area (Å²) in [7, 11) is 0. The molecule has 10 heavy (non-hydrogen) atoms. The molecule has 0 saturated heterocycles. The summed E-state index contributed by atoms with van der Waals surface area (Å²) in [4.78, 5) is 7.22. The molecule has 1 aromatic rings. The van der Waals surface area contributed by atoms with Crippen molar-refractivity contribution in [1.82, 2.24) is 4.98 Å². The number of halogens is 1. The van der Waals surface area contributed by atoms with Crippen molar-refractivity contribution in [3.05, 3.63) is 39.9 Å². The number of hydrogen-bond donors (Lipinski definition) is 0. The van der Waals surface area contributed by atoms with Gasteiger partial charge in [0.2, 0.25) is 0 Å². The second-order valence-electron chi connectivity index (χ2n) is 1.78. The topological polar surface area (TPSA) is 17.2 Å². The molecule has 0 radical (unpaired) electrons. The Morgan fingerprint density at radius 3 is 2.90 bits per heavy atom. The van der Waals surface area contributed by atoms with Crippen LogP contribution in [-0.4, -0.2) is 4.98 Å². The van der Waals surface area contributed by atoms with Crippen LogP contribution in [-0.2, 0) is 6.54 Å². The van der Waals surface area contributed by atoms with Crippen molar-refractivity contribution >= 4 is 15.9 Å². The van der Waals surface area contributed by atoms with Gasteiger partial charge in [-0.15, -0.1) is 0 Å². The summed E-state index contributed by atoms with van der Waals surface area (Å²) in [5.74, 6) is 0. The van der Waals surface area contributed by atoms with Crippen LogP contribution in [0.5, 0.6) is 0 Å². The van der Waals surface area contributed by atoms with Gasteiger partial charge in [-0.3, -0.25) is 4.98 Å². The van der Waals surface area contributed by atoms with Crippen molar-refractivity contribution < 1.29 is 0 Å². The van der Waals surface area contributed by atoms with Crippen molar-refractivity contribution in [2.24, 2.45) is 0 Å². The molecule has 50 valence electrons. The molecule has 0 spiro atoms. The van der Waals surface area contributed by atoms with Crippen molar-refractivity contribution in [3.63, 3.8) is 0 Å². The standard InChI is InChI=1S/C7H5BrN2/c1-9-5-7-3-2-6(8)4-10-7/h2-4H,5H2. The van der Waals surface area contributed by atoms with Crippen LogP contribution in [0, 0.1) is 6.57 Å². The van der Waals surface area contributed by atoms with Crippen LogP contribution in [0.15, 0.2) is 22.8 Å². The third kappa shape index (κ3) is 1.82. The van der Waals surface area contributed by atoms with Gasteiger partial charge in [0, 0.05) is 10.7 Å². The Labute approximate surface area is 67.9 Å². The summed E-state index contributed by atoms with van der Waals surface area (Å²) in [6.07, 6.45) is 1.69. The molecule has 1 heterocycles. The Morgan fingerprint density at radius 1 is 1.60 bits per heavy atom. The van der Waals surface area contributed by atoms with Gasteiger partial charge in [-0.25, -0.2) is 6.57 Å². The molecule has 0 atom stereocenters. The van der Waals surface area contributed by atoms with E-state index in [9.17, 15) is 0 Å². The van der Waals surface area contributed by atoms with Crippen LogP contribution in [0.2, 0.25) is 0 Å². The summed E-state index contributed by atoms with van der Waals surface area (Å²) >= 11 is 3.26. The van der Waals surface area contributed by atoms with E-state index in [1.807, 2.05) is 12.1 Å². The Balaban J connectivity index is 2.81. The van der Waals surface area contributed by atoms with Crippen LogP contribution < -0.4 is 0 Å². The molecule has 1 rings (SSSR count). The van der Waals surface area contributed by atoms with Gasteiger partial charge in [-0.2, -0.15) is 0 Å². The molecule has 3 heteroatoms. The minimum absolute atomic E-state index is 0.368. The molecule has 1 aromatic heterocycles. The van der Waals surface area contributed by atoms with E-state index >= 15 is 0 Å². The fourth-order valence-corrected chi connectivity index (χ4v) is 0.816. The van der Waals surface area contributed by atoms with Crippen molar-refractivity contribution in [1.29, 1.82) is 0 Å². The first-order valence-electron chi connectivity index (χ1n) is 2.76. The van der Waals surface area contributed by atoms with Crippen LogP contribution >= 0.6 is 15.9 Å². The number of hydrogen-bond acceptors (Lipinski definition) is 1. The zero-order valence-electron chi connectivity index (χ0n) is 5.21. The largest absolute Gasteiger partial charge is 0.310 e. The molecular formula is C7H5BrN2. The van der Waals surface area contributed by atoms with E-state index in [1.165, 1.54) is 0 Å². The first kappa shape index (κ1) is 7.23. The summed E-state index contributed by atoms with van der Waals surface area (Å²) in [5.41, 5.74) is 0.818. The summed E-state index contributed by atoms with van der Waals surface area (Å²) in [6, 6.07) is 3.72. The molecule has 0 amide bonds. The van der Waals surface area contributed by atoms with E-state index in [-0.39, 0.29) is 0 Å². The van der Waals surface area contributed by atoms with Crippen LogP contribution in [0.1, 0.15) is 5.69 Å². The van der Waals surface area contributed by atoms with Crippen molar-refractivity contribution in [3.8, 4) is 0 Å². The molecule has 0 unspecified atom stereocenters. The van der Waals surface area contributed by atoms with Crippen LogP contribution in [0.4, 0.5) is 0 Å². The van der Waals surface area contributed by atoms with Gasteiger partial charge in [0.15, 0.2) is 0 Å². The summed E-state index contributed by atoms with van der Waals surface area (Å²) < 4.78 is 0.946. The zero-order chi connectivity index (χ0) is 7.40. The van der Waals surface area contributed by atoms with Crippen molar-refractivity contribution in [2.45, 2.75) is 6.54 Å². The fraction of sp³-hybridized carbons (Fsp3) is 0.143. The Kier molecular flexibility index (Phi) is 2.41. The normalized spacial score (nSPS) is 8.80. The van der Waals surface area contributed by atoms with Gasteiger partial charge in [0.25, 0.3) is 6.54 Å². The molecule has 0 aromatic carbocycles. The number of nitrogens with zero attached hydrogens (tertiary/aromatic N) is 2. The van der Waals surface area contributed by atoms with Gasteiger partial charge in [-0.05, 0) is 28.1 Å². The minimum atomic E-state index is 0.368. The molecule has 2 nitrogen and oxygen atoms in total. The molecule has 0 aliphatic heterocycles. The van der Waals surface area contributed by atoms with Crippen LogP contribution in [0.3, 0.4) is 0 Å².